The molecule has 0 atom stereocenters. The van der Waals surface area contributed by atoms with Crippen molar-refractivity contribution < 1.29 is 19.0 Å². The number of aliphatic hydroxyl groups excluding tert-OH is 2. The summed E-state index contributed by atoms with van der Waals surface area (Å²) in [7, 11) is 0. The fourth-order valence-electron chi connectivity index (χ4n) is 7.99. The van der Waals surface area contributed by atoms with Crippen LogP contribution in [0, 0.1) is 11.6 Å². The molecule has 10 nitrogen and oxygen atoms in total. The summed E-state index contributed by atoms with van der Waals surface area (Å²) in [6.45, 7) is 6.02. The van der Waals surface area contributed by atoms with Crippen LogP contribution >= 0.6 is 0 Å². The highest BCUT2D eigenvalue weighted by atomic mass is 19.1. The van der Waals surface area contributed by atoms with Gasteiger partial charge in [-0.25, -0.2) is 28.7 Å². The van der Waals surface area contributed by atoms with E-state index in [4.69, 9.17) is 9.97 Å². The molecule has 0 aliphatic heterocycles. The van der Waals surface area contributed by atoms with Crippen LogP contribution in [0.1, 0.15) is 114 Å². The van der Waals surface area contributed by atoms with Crippen molar-refractivity contribution in [3.05, 3.63) is 96.1 Å². The van der Waals surface area contributed by atoms with Crippen molar-refractivity contribution in [2.24, 2.45) is 0 Å². The van der Waals surface area contributed by atoms with Crippen LogP contribution in [0.3, 0.4) is 0 Å². The minimum Gasteiger partial charge on any atom is -0.393 e. The van der Waals surface area contributed by atoms with E-state index in [1.807, 2.05) is 21.5 Å². The largest absolute Gasteiger partial charge is 0.393 e. The molecule has 2 aliphatic rings. The Bertz CT molecular complexity index is 2010. The van der Waals surface area contributed by atoms with Gasteiger partial charge in [0.15, 0.2) is 0 Å². The van der Waals surface area contributed by atoms with Crippen LogP contribution in [-0.4, -0.2) is 64.6 Å². The molecule has 2 aromatic carbocycles. The van der Waals surface area contributed by atoms with Gasteiger partial charge in [-0.2, -0.15) is 0 Å². The Morgan fingerprint density at radius 2 is 0.964 bits per heavy atom. The molecule has 0 amide bonds. The standard InChI is InChI=1S/2C22H27FN4O/c2*1-2-3-12-24-22-25-13-20-21(26-22)19(15-4-10-18(28)11-5-15)14-27(20)17-8-6-16(23)7-9-17/h2*6-9,13-15,18,28H,2-5,10-12H2,1H3,(H,24,25,26). The van der Waals surface area contributed by atoms with Gasteiger partial charge in [-0.1, -0.05) is 26.7 Å². The molecule has 2 fully saturated rings. The van der Waals surface area contributed by atoms with E-state index >= 15 is 0 Å². The summed E-state index contributed by atoms with van der Waals surface area (Å²) in [5, 5.41) is 26.4. The first-order valence-electron chi connectivity index (χ1n) is 20.4. The summed E-state index contributed by atoms with van der Waals surface area (Å²) >= 11 is 0. The van der Waals surface area contributed by atoms with E-state index in [9.17, 15) is 19.0 Å². The van der Waals surface area contributed by atoms with Gasteiger partial charge in [-0.15, -0.1) is 0 Å². The molecular weight excluding hydrogens is 711 g/mol. The molecule has 4 heterocycles. The average molecular weight is 765 g/mol. The molecule has 6 aromatic rings. The molecule has 2 saturated carbocycles. The van der Waals surface area contributed by atoms with Crippen molar-refractivity contribution >= 4 is 34.0 Å². The van der Waals surface area contributed by atoms with Crippen molar-refractivity contribution in [1.29, 1.82) is 0 Å². The predicted octanol–water partition coefficient (Wildman–Crippen LogP) is 9.58. The highest BCUT2D eigenvalue weighted by Gasteiger charge is 2.27. The molecule has 56 heavy (non-hydrogen) atoms. The summed E-state index contributed by atoms with van der Waals surface area (Å²) in [6.07, 6.45) is 19.0. The van der Waals surface area contributed by atoms with Crippen molar-refractivity contribution in [2.45, 2.75) is 115 Å². The molecule has 0 unspecified atom stereocenters. The van der Waals surface area contributed by atoms with E-state index in [0.717, 1.165) is 124 Å². The predicted molar refractivity (Wildman–Crippen MR) is 219 cm³/mol. The van der Waals surface area contributed by atoms with Crippen LogP contribution in [0.4, 0.5) is 20.7 Å². The summed E-state index contributed by atoms with van der Waals surface area (Å²) in [6, 6.07) is 13.0. The van der Waals surface area contributed by atoms with Gasteiger partial charge in [-0.05, 0) is 136 Å². The number of anilines is 2. The average Bonchev–Trinajstić information content (AvgIpc) is 3.78. The third kappa shape index (κ3) is 9.19. The first-order chi connectivity index (χ1) is 27.3. The van der Waals surface area contributed by atoms with Crippen molar-refractivity contribution in [3.8, 4) is 11.4 Å². The van der Waals surface area contributed by atoms with Gasteiger partial charge in [-0.3, -0.25) is 0 Å². The molecule has 0 bridgehead atoms. The van der Waals surface area contributed by atoms with Crippen molar-refractivity contribution in [3.63, 3.8) is 0 Å². The van der Waals surface area contributed by atoms with Crippen LogP contribution in [0.25, 0.3) is 33.4 Å². The van der Waals surface area contributed by atoms with Crippen LogP contribution in [0.2, 0.25) is 0 Å². The Hall–Kier alpha value is -4.94. The van der Waals surface area contributed by atoms with E-state index in [-0.39, 0.29) is 23.8 Å². The number of halogens is 2. The summed E-state index contributed by atoms with van der Waals surface area (Å²) < 4.78 is 30.9. The molecule has 0 radical (unpaired) electrons. The van der Waals surface area contributed by atoms with E-state index in [1.54, 1.807) is 24.3 Å². The fourth-order valence-corrected chi connectivity index (χ4v) is 7.99. The van der Waals surface area contributed by atoms with Gasteiger partial charge in [0.2, 0.25) is 11.9 Å². The molecule has 8 rings (SSSR count). The Labute approximate surface area is 327 Å². The van der Waals surface area contributed by atoms with E-state index in [2.05, 4.69) is 46.8 Å². The van der Waals surface area contributed by atoms with Crippen LogP contribution in [0.15, 0.2) is 73.3 Å². The van der Waals surface area contributed by atoms with Crippen molar-refractivity contribution in [2.75, 3.05) is 23.7 Å². The molecule has 4 aromatic heterocycles. The smallest absolute Gasteiger partial charge is 0.223 e. The maximum Gasteiger partial charge on any atom is 0.223 e. The number of hydrogen-bond acceptors (Lipinski definition) is 8. The molecule has 296 valence electrons. The zero-order valence-electron chi connectivity index (χ0n) is 32.5. The van der Waals surface area contributed by atoms with Crippen LogP contribution in [0.5, 0.6) is 0 Å². The Balaban J connectivity index is 0.000000172. The van der Waals surface area contributed by atoms with Crippen LogP contribution in [-0.2, 0) is 0 Å². The minimum absolute atomic E-state index is 0.192. The van der Waals surface area contributed by atoms with Gasteiger partial charge in [0, 0.05) is 36.9 Å². The van der Waals surface area contributed by atoms with Gasteiger partial charge in [0.1, 0.15) is 11.6 Å². The number of fused-ring (bicyclic) bond motifs is 2. The highest BCUT2D eigenvalue weighted by molar-refractivity contribution is 5.83. The maximum absolute atomic E-state index is 13.4. The number of aliphatic hydroxyl groups is 2. The first kappa shape index (κ1) is 39.3. The quantitative estimate of drug-likeness (QED) is 0.0909. The van der Waals surface area contributed by atoms with E-state index < -0.39 is 0 Å². The summed E-state index contributed by atoms with van der Waals surface area (Å²) in [5.74, 6) is 1.53. The first-order valence-corrected chi connectivity index (χ1v) is 20.4. The topological polar surface area (TPSA) is 126 Å². The molecule has 0 saturated heterocycles. The number of benzene rings is 2. The lowest BCUT2D eigenvalue weighted by molar-refractivity contribution is 0.122. The SMILES string of the molecule is CCCCNc1ncc2c(n1)c(C1CCC(O)CC1)cn2-c1ccc(F)cc1.CCCCNc1ncc2c(n1)c(C1CCC(O)CC1)cn2-c1ccc(F)cc1. The minimum atomic E-state index is -0.250. The number of rotatable bonds is 12. The number of nitrogens with one attached hydrogen (secondary N) is 2. The summed E-state index contributed by atoms with van der Waals surface area (Å²) in [5.41, 5.74) is 7.90. The fraction of sp³-hybridized carbons (Fsp3) is 0.455. The number of hydrogen-bond donors (Lipinski definition) is 4. The molecule has 0 spiro atoms. The maximum atomic E-state index is 13.4. The monoisotopic (exact) mass is 764 g/mol. The third-order valence-electron chi connectivity index (χ3n) is 11.3. The van der Waals surface area contributed by atoms with Gasteiger partial charge < -0.3 is 30.0 Å². The molecular formula is C44H54F2N8O2. The van der Waals surface area contributed by atoms with Gasteiger partial charge in [0.25, 0.3) is 0 Å². The summed E-state index contributed by atoms with van der Waals surface area (Å²) in [4.78, 5) is 18.6. The van der Waals surface area contributed by atoms with Gasteiger partial charge >= 0.3 is 0 Å². The number of aromatic nitrogens is 6. The molecule has 2 aliphatic carbocycles. The number of nitrogens with zero attached hydrogens (tertiary/aromatic N) is 6. The Morgan fingerprint density at radius 1 is 0.589 bits per heavy atom. The number of unbranched alkanes of at least 4 members (excludes halogenated alkanes) is 2. The van der Waals surface area contributed by atoms with E-state index in [0.29, 0.717) is 23.7 Å². The van der Waals surface area contributed by atoms with Crippen LogP contribution < -0.4 is 10.6 Å². The lowest BCUT2D eigenvalue weighted by Gasteiger charge is -2.24. The normalized spacial score (nSPS) is 19.8. The molecule has 4 N–H and O–H groups in total. The molecule has 12 heteroatoms. The Kier molecular flexibility index (Phi) is 12.9. The highest BCUT2D eigenvalue weighted by Crippen LogP contribution is 2.39. The van der Waals surface area contributed by atoms with Gasteiger partial charge in [0.05, 0.1) is 46.7 Å². The third-order valence-corrected chi connectivity index (χ3v) is 11.3. The second-order valence-corrected chi connectivity index (χ2v) is 15.3. The second kappa shape index (κ2) is 18.3. The lowest BCUT2D eigenvalue weighted by Crippen LogP contribution is -2.17. The zero-order valence-corrected chi connectivity index (χ0v) is 32.5. The lowest BCUT2D eigenvalue weighted by atomic mass is 9.83. The second-order valence-electron chi connectivity index (χ2n) is 15.3. The van der Waals surface area contributed by atoms with Crippen molar-refractivity contribution in [1.82, 2.24) is 29.1 Å². The van der Waals surface area contributed by atoms with E-state index in [1.165, 1.54) is 35.4 Å². The Morgan fingerprint density at radius 3 is 1.32 bits per heavy atom. The zero-order chi connectivity index (χ0) is 39.0.